The Labute approximate surface area is 154 Å². The fourth-order valence-corrected chi connectivity index (χ4v) is 2.84. The molecule has 0 heterocycles. The average molecular weight is 343 g/mol. The predicted molar refractivity (Wildman–Crippen MR) is 106 cm³/mol. The number of hydrogen-bond donors (Lipinski definition) is 1. The van der Waals surface area contributed by atoms with E-state index < -0.39 is 0 Å². The molecule has 0 radical (unpaired) electrons. The summed E-state index contributed by atoms with van der Waals surface area (Å²) in [5, 5.41) is 3.01. The Morgan fingerprint density at radius 1 is 0.846 bits per heavy atom. The molecule has 3 nitrogen and oxygen atoms in total. The van der Waals surface area contributed by atoms with Gasteiger partial charge in [0.1, 0.15) is 0 Å². The number of hydrogen-bond acceptors (Lipinski definition) is 2. The van der Waals surface area contributed by atoms with Gasteiger partial charge in [-0.2, -0.15) is 0 Å². The summed E-state index contributed by atoms with van der Waals surface area (Å²) in [4.78, 5) is 12.9. The van der Waals surface area contributed by atoms with Gasteiger partial charge in [-0.05, 0) is 35.7 Å². The minimum Gasteiger partial charge on any atom is -0.504 e. The molecule has 0 unspecified atom stereocenters. The molecule has 0 aliphatic carbocycles. The van der Waals surface area contributed by atoms with E-state index in [0.717, 1.165) is 28.0 Å². The van der Waals surface area contributed by atoms with Gasteiger partial charge in [0.25, 0.3) is 5.91 Å². The van der Waals surface area contributed by atoms with Crippen molar-refractivity contribution in [2.75, 3.05) is 12.4 Å². The molecule has 26 heavy (non-hydrogen) atoms. The molecule has 0 saturated carbocycles. The van der Waals surface area contributed by atoms with E-state index in [1.54, 1.807) is 13.4 Å². The molecule has 1 N–H and O–H groups in total. The van der Waals surface area contributed by atoms with E-state index in [1.165, 1.54) is 0 Å². The van der Waals surface area contributed by atoms with Gasteiger partial charge in [-0.25, -0.2) is 0 Å². The lowest BCUT2D eigenvalue weighted by molar-refractivity contribution is 0.102. The van der Waals surface area contributed by atoms with Crippen LogP contribution in [0.4, 0.5) is 5.69 Å². The second-order valence-corrected chi connectivity index (χ2v) is 5.95. The number of methoxy groups -OCH3 is 1. The normalized spacial score (nSPS) is 11.1. The number of rotatable bonds is 5. The lowest BCUT2D eigenvalue weighted by Gasteiger charge is -2.14. The van der Waals surface area contributed by atoms with Gasteiger partial charge in [-0.3, -0.25) is 4.79 Å². The van der Waals surface area contributed by atoms with Crippen LogP contribution in [0.3, 0.4) is 0 Å². The van der Waals surface area contributed by atoms with E-state index in [0.29, 0.717) is 5.56 Å². The Kier molecular flexibility index (Phi) is 5.49. The number of aryl methyl sites for hydroxylation is 1. The maximum atomic E-state index is 12.9. The Morgan fingerprint density at radius 2 is 1.46 bits per heavy atom. The Morgan fingerprint density at radius 3 is 2.15 bits per heavy atom. The van der Waals surface area contributed by atoms with Crippen LogP contribution in [-0.4, -0.2) is 13.0 Å². The molecular formula is C23H21NO2. The van der Waals surface area contributed by atoms with Crippen molar-refractivity contribution < 1.29 is 9.53 Å². The van der Waals surface area contributed by atoms with Crippen LogP contribution in [0.15, 0.2) is 85.1 Å². The fourth-order valence-electron chi connectivity index (χ4n) is 2.84. The van der Waals surface area contributed by atoms with Crippen molar-refractivity contribution in [2.24, 2.45) is 0 Å². The number of carbonyl (C=O) groups excluding carboxylic acids is 1. The molecule has 0 aromatic heterocycles. The van der Waals surface area contributed by atoms with E-state index in [1.807, 2.05) is 85.8 Å². The van der Waals surface area contributed by atoms with Gasteiger partial charge in [0.2, 0.25) is 0 Å². The molecule has 0 aliphatic heterocycles. The molecular weight excluding hydrogens is 322 g/mol. The molecule has 0 aliphatic rings. The summed E-state index contributed by atoms with van der Waals surface area (Å²) in [5.74, 6) is -0.146. The highest BCUT2D eigenvalue weighted by molar-refractivity contribution is 6.08. The summed E-state index contributed by atoms with van der Waals surface area (Å²) in [6.45, 7) is 1.97. The number of amides is 1. The first-order valence-corrected chi connectivity index (χ1v) is 8.45. The number of benzene rings is 3. The monoisotopic (exact) mass is 343 g/mol. The third-order valence-corrected chi connectivity index (χ3v) is 4.18. The van der Waals surface area contributed by atoms with Crippen LogP contribution in [0.2, 0.25) is 0 Å². The molecule has 3 aromatic carbocycles. The number of para-hydroxylation sites is 1. The SMILES string of the molecule is CO/C=C(\c1ccccc1)c1ccccc1C(=O)Nc1ccccc1C. The largest absolute Gasteiger partial charge is 0.504 e. The molecule has 0 fully saturated rings. The van der Waals surface area contributed by atoms with Crippen LogP contribution in [0.25, 0.3) is 5.57 Å². The summed E-state index contributed by atoms with van der Waals surface area (Å²) in [7, 11) is 1.61. The summed E-state index contributed by atoms with van der Waals surface area (Å²) in [5.41, 5.74) is 5.11. The van der Waals surface area contributed by atoms with Crippen LogP contribution >= 0.6 is 0 Å². The highest BCUT2D eigenvalue weighted by Gasteiger charge is 2.16. The zero-order valence-corrected chi connectivity index (χ0v) is 14.9. The van der Waals surface area contributed by atoms with E-state index >= 15 is 0 Å². The van der Waals surface area contributed by atoms with Crippen LogP contribution in [0, 0.1) is 6.92 Å². The fraction of sp³-hybridized carbons (Fsp3) is 0.0870. The van der Waals surface area contributed by atoms with Gasteiger partial charge in [0.05, 0.1) is 13.4 Å². The molecule has 0 spiro atoms. The molecule has 130 valence electrons. The second-order valence-electron chi connectivity index (χ2n) is 5.95. The lowest BCUT2D eigenvalue weighted by atomic mass is 9.94. The summed E-state index contributed by atoms with van der Waals surface area (Å²) >= 11 is 0. The van der Waals surface area contributed by atoms with Crippen LogP contribution < -0.4 is 5.32 Å². The lowest BCUT2D eigenvalue weighted by Crippen LogP contribution is -2.15. The van der Waals surface area contributed by atoms with Gasteiger partial charge in [-0.1, -0.05) is 66.7 Å². The molecule has 3 rings (SSSR count). The van der Waals surface area contributed by atoms with Crippen molar-refractivity contribution in [2.45, 2.75) is 6.92 Å². The van der Waals surface area contributed by atoms with Gasteiger partial charge in [0.15, 0.2) is 0 Å². The van der Waals surface area contributed by atoms with Crippen molar-refractivity contribution in [3.8, 4) is 0 Å². The minimum atomic E-state index is -0.146. The molecule has 3 heteroatoms. The third kappa shape index (κ3) is 3.83. The zero-order chi connectivity index (χ0) is 18.4. The van der Waals surface area contributed by atoms with Gasteiger partial charge in [-0.15, -0.1) is 0 Å². The first kappa shape index (κ1) is 17.5. The number of carbonyl (C=O) groups is 1. The first-order valence-electron chi connectivity index (χ1n) is 8.45. The Bertz CT molecular complexity index is 930. The highest BCUT2D eigenvalue weighted by atomic mass is 16.5. The molecule has 1 amide bonds. The molecule has 0 saturated heterocycles. The highest BCUT2D eigenvalue weighted by Crippen LogP contribution is 2.27. The topological polar surface area (TPSA) is 38.3 Å². The maximum absolute atomic E-state index is 12.9. The van der Waals surface area contributed by atoms with E-state index in [4.69, 9.17) is 4.74 Å². The standard InChI is InChI=1S/C23H21NO2/c1-17-10-6-9-15-22(17)24-23(25)20-14-8-7-13-19(20)21(16-26-2)18-11-4-3-5-12-18/h3-16H,1-2H3,(H,24,25)/b21-16+. The van der Waals surface area contributed by atoms with Crippen molar-refractivity contribution in [3.05, 3.63) is 107 Å². The zero-order valence-electron chi connectivity index (χ0n) is 14.9. The average Bonchev–Trinajstić information content (AvgIpc) is 2.68. The van der Waals surface area contributed by atoms with Crippen molar-refractivity contribution in [1.82, 2.24) is 0 Å². The van der Waals surface area contributed by atoms with Crippen LogP contribution in [0.5, 0.6) is 0 Å². The maximum Gasteiger partial charge on any atom is 0.256 e. The quantitative estimate of drug-likeness (QED) is 0.640. The third-order valence-electron chi connectivity index (χ3n) is 4.18. The van der Waals surface area contributed by atoms with Crippen LogP contribution in [0.1, 0.15) is 27.0 Å². The van der Waals surface area contributed by atoms with Crippen molar-refractivity contribution >= 4 is 17.2 Å². The number of anilines is 1. The number of nitrogens with one attached hydrogen (secondary N) is 1. The summed E-state index contributed by atoms with van der Waals surface area (Å²) in [6, 6.07) is 25.2. The molecule has 3 aromatic rings. The van der Waals surface area contributed by atoms with E-state index in [2.05, 4.69) is 5.32 Å². The van der Waals surface area contributed by atoms with Gasteiger partial charge >= 0.3 is 0 Å². The van der Waals surface area contributed by atoms with Crippen LogP contribution in [-0.2, 0) is 4.74 Å². The second kappa shape index (κ2) is 8.17. The molecule has 0 atom stereocenters. The Balaban J connectivity index is 2.01. The molecule has 0 bridgehead atoms. The van der Waals surface area contributed by atoms with Crippen molar-refractivity contribution in [1.29, 1.82) is 0 Å². The minimum absolute atomic E-state index is 0.146. The smallest absolute Gasteiger partial charge is 0.256 e. The first-order chi connectivity index (χ1) is 12.7. The van der Waals surface area contributed by atoms with E-state index in [-0.39, 0.29) is 5.91 Å². The van der Waals surface area contributed by atoms with Gasteiger partial charge < -0.3 is 10.1 Å². The summed E-state index contributed by atoms with van der Waals surface area (Å²) < 4.78 is 5.29. The number of ether oxygens (including phenoxy) is 1. The Hall–Kier alpha value is -3.33. The van der Waals surface area contributed by atoms with Crippen molar-refractivity contribution in [3.63, 3.8) is 0 Å². The van der Waals surface area contributed by atoms with Gasteiger partial charge in [0, 0.05) is 16.8 Å². The van der Waals surface area contributed by atoms with E-state index in [9.17, 15) is 4.79 Å². The summed E-state index contributed by atoms with van der Waals surface area (Å²) in [6.07, 6.45) is 1.68. The predicted octanol–water partition coefficient (Wildman–Crippen LogP) is 5.28.